The molecule has 4 nitrogen and oxygen atoms in total. The highest BCUT2D eigenvalue weighted by molar-refractivity contribution is 7.08. The summed E-state index contributed by atoms with van der Waals surface area (Å²) < 4.78 is 13.9. The number of hydrogen-bond donors (Lipinski definition) is 3. The maximum absolute atomic E-state index is 13.9. The molecule has 0 bridgehead atoms. The number of aryl methyl sites for hydroxylation is 1. The Hall–Kier alpha value is -1.92. The summed E-state index contributed by atoms with van der Waals surface area (Å²) in [5.41, 5.74) is 8.79. The van der Waals surface area contributed by atoms with Crippen LogP contribution in [-0.2, 0) is 13.1 Å². The maximum Gasteiger partial charge on any atom is 0.170 e. The number of benzene rings is 1. The van der Waals surface area contributed by atoms with Gasteiger partial charge in [-0.05, 0) is 34.9 Å². The summed E-state index contributed by atoms with van der Waals surface area (Å²) in [5.74, 6) is -0.471. The van der Waals surface area contributed by atoms with Crippen molar-refractivity contribution in [3.8, 4) is 0 Å². The second kappa shape index (κ2) is 6.49. The SMILES string of the molecule is Cc1cscc1CNCc1ccc(/C(N)=N/O)cc1F. The van der Waals surface area contributed by atoms with Gasteiger partial charge in [-0.25, -0.2) is 4.39 Å². The van der Waals surface area contributed by atoms with Crippen LogP contribution in [0.25, 0.3) is 0 Å². The predicted molar refractivity (Wildman–Crippen MR) is 78.5 cm³/mol. The number of thiophene rings is 1. The number of nitrogens with zero attached hydrogens (tertiary/aromatic N) is 1. The molecule has 0 saturated carbocycles. The smallest absolute Gasteiger partial charge is 0.170 e. The Balaban J connectivity index is 1.98. The first-order chi connectivity index (χ1) is 9.61. The lowest BCUT2D eigenvalue weighted by molar-refractivity contribution is 0.318. The molecule has 6 heteroatoms. The molecular formula is C14H16FN3OS. The van der Waals surface area contributed by atoms with E-state index >= 15 is 0 Å². The summed E-state index contributed by atoms with van der Waals surface area (Å²) in [5, 5.41) is 18.8. The molecule has 0 spiro atoms. The van der Waals surface area contributed by atoms with Crippen molar-refractivity contribution in [2.24, 2.45) is 10.9 Å². The van der Waals surface area contributed by atoms with Crippen LogP contribution in [0.3, 0.4) is 0 Å². The lowest BCUT2D eigenvalue weighted by atomic mass is 10.1. The van der Waals surface area contributed by atoms with Gasteiger partial charge in [0, 0.05) is 24.2 Å². The molecule has 0 aliphatic rings. The van der Waals surface area contributed by atoms with E-state index in [-0.39, 0.29) is 11.7 Å². The maximum atomic E-state index is 13.9. The summed E-state index contributed by atoms with van der Waals surface area (Å²) in [6.45, 7) is 3.19. The topological polar surface area (TPSA) is 70.6 Å². The van der Waals surface area contributed by atoms with Crippen molar-refractivity contribution >= 4 is 17.2 Å². The van der Waals surface area contributed by atoms with E-state index in [1.54, 1.807) is 23.5 Å². The fraction of sp³-hybridized carbons (Fsp3) is 0.214. The molecule has 0 aliphatic heterocycles. The molecule has 0 unspecified atom stereocenters. The molecule has 0 saturated heterocycles. The van der Waals surface area contributed by atoms with Gasteiger partial charge in [-0.3, -0.25) is 0 Å². The van der Waals surface area contributed by atoms with E-state index in [2.05, 4.69) is 28.2 Å². The fourth-order valence-corrected chi connectivity index (χ4v) is 2.66. The second-order valence-corrected chi connectivity index (χ2v) is 5.22. The Morgan fingerprint density at radius 1 is 1.35 bits per heavy atom. The van der Waals surface area contributed by atoms with E-state index in [0.29, 0.717) is 24.2 Å². The molecule has 106 valence electrons. The predicted octanol–water partition coefficient (Wildman–Crippen LogP) is 2.58. The summed E-state index contributed by atoms with van der Waals surface area (Å²) in [4.78, 5) is 0. The van der Waals surface area contributed by atoms with Crippen molar-refractivity contribution in [3.05, 3.63) is 57.0 Å². The molecule has 0 atom stereocenters. The Morgan fingerprint density at radius 3 is 2.70 bits per heavy atom. The van der Waals surface area contributed by atoms with Gasteiger partial charge in [0.05, 0.1) is 0 Å². The molecular weight excluding hydrogens is 277 g/mol. The van der Waals surface area contributed by atoms with Crippen LogP contribution in [0, 0.1) is 12.7 Å². The van der Waals surface area contributed by atoms with Gasteiger partial charge < -0.3 is 16.3 Å². The molecule has 1 aromatic heterocycles. The van der Waals surface area contributed by atoms with Gasteiger partial charge in [0.15, 0.2) is 5.84 Å². The standard InChI is InChI=1S/C14H16FN3OS/c1-9-7-20-8-12(9)6-17-5-11-3-2-10(4-13(11)15)14(16)18-19/h2-4,7-8,17,19H,5-6H2,1H3,(H2,16,18). The Morgan fingerprint density at radius 2 is 2.10 bits per heavy atom. The highest BCUT2D eigenvalue weighted by Gasteiger charge is 2.06. The molecule has 20 heavy (non-hydrogen) atoms. The van der Waals surface area contributed by atoms with Crippen LogP contribution < -0.4 is 11.1 Å². The quantitative estimate of drug-likeness (QED) is 0.343. The summed E-state index contributed by atoms with van der Waals surface area (Å²) in [6.07, 6.45) is 0. The zero-order valence-electron chi connectivity index (χ0n) is 11.1. The molecule has 2 rings (SSSR count). The number of nitrogens with two attached hydrogens (primary N) is 1. The minimum absolute atomic E-state index is 0.0997. The lowest BCUT2D eigenvalue weighted by Crippen LogP contribution is -2.16. The molecule has 0 radical (unpaired) electrons. The Kier molecular flexibility index (Phi) is 4.70. The van der Waals surface area contributed by atoms with Gasteiger partial charge in [0.2, 0.25) is 0 Å². The lowest BCUT2D eigenvalue weighted by Gasteiger charge is -2.07. The first-order valence-corrected chi connectivity index (χ1v) is 7.05. The molecule has 0 aliphatic carbocycles. The van der Waals surface area contributed by atoms with Crippen LogP contribution in [0.2, 0.25) is 0 Å². The van der Waals surface area contributed by atoms with E-state index in [1.807, 2.05) is 0 Å². The summed E-state index contributed by atoms with van der Waals surface area (Å²) in [7, 11) is 0. The third kappa shape index (κ3) is 3.34. The normalized spacial score (nSPS) is 11.8. The largest absolute Gasteiger partial charge is 0.409 e. The van der Waals surface area contributed by atoms with Gasteiger partial charge >= 0.3 is 0 Å². The van der Waals surface area contributed by atoms with Crippen molar-refractivity contribution < 1.29 is 9.60 Å². The number of oxime groups is 1. The molecule has 4 N–H and O–H groups in total. The second-order valence-electron chi connectivity index (χ2n) is 4.48. The average Bonchev–Trinajstić information content (AvgIpc) is 2.85. The zero-order valence-corrected chi connectivity index (χ0v) is 11.9. The summed E-state index contributed by atoms with van der Waals surface area (Å²) >= 11 is 1.66. The number of hydrogen-bond acceptors (Lipinski definition) is 4. The van der Waals surface area contributed by atoms with Crippen molar-refractivity contribution in [2.75, 3.05) is 0 Å². The summed E-state index contributed by atoms with van der Waals surface area (Å²) in [6, 6.07) is 4.53. The highest BCUT2D eigenvalue weighted by atomic mass is 32.1. The Bertz CT molecular complexity index is 625. The van der Waals surface area contributed by atoms with Crippen LogP contribution in [-0.4, -0.2) is 11.0 Å². The zero-order chi connectivity index (χ0) is 14.5. The van der Waals surface area contributed by atoms with Gasteiger partial charge in [0.1, 0.15) is 5.82 Å². The number of nitrogens with one attached hydrogen (secondary N) is 1. The molecule has 0 amide bonds. The van der Waals surface area contributed by atoms with E-state index in [1.165, 1.54) is 17.2 Å². The third-order valence-electron chi connectivity index (χ3n) is 3.05. The van der Waals surface area contributed by atoms with Crippen molar-refractivity contribution in [1.82, 2.24) is 5.32 Å². The van der Waals surface area contributed by atoms with Crippen molar-refractivity contribution in [1.29, 1.82) is 0 Å². The van der Waals surface area contributed by atoms with Crippen LogP contribution in [0.4, 0.5) is 4.39 Å². The van der Waals surface area contributed by atoms with Gasteiger partial charge in [-0.1, -0.05) is 17.3 Å². The number of rotatable bonds is 5. The third-order valence-corrected chi connectivity index (χ3v) is 3.96. The highest BCUT2D eigenvalue weighted by Crippen LogP contribution is 2.14. The van der Waals surface area contributed by atoms with Crippen LogP contribution in [0.15, 0.2) is 34.1 Å². The van der Waals surface area contributed by atoms with Crippen molar-refractivity contribution in [2.45, 2.75) is 20.0 Å². The van der Waals surface area contributed by atoms with E-state index in [9.17, 15) is 4.39 Å². The van der Waals surface area contributed by atoms with Crippen LogP contribution >= 0.6 is 11.3 Å². The molecule has 2 aromatic rings. The molecule has 1 aromatic carbocycles. The monoisotopic (exact) mass is 293 g/mol. The van der Waals surface area contributed by atoms with E-state index < -0.39 is 0 Å². The first-order valence-electron chi connectivity index (χ1n) is 6.10. The molecule has 1 heterocycles. The van der Waals surface area contributed by atoms with Gasteiger partial charge in [-0.2, -0.15) is 11.3 Å². The van der Waals surface area contributed by atoms with E-state index in [0.717, 1.165) is 0 Å². The Labute approximate surface area is 120 Å². The number of halogens is 1. The van der Waals surface area contributed by atoms with Crippen LogP contribution in [0.5, 0.6) is 0 Å². The fourth-order valence-electron chi connectivity index (χ4n) is 1.81. The van der Waals surface area contributed by atoms with Gasteiger partial charge in [0.25, 0.3) is 0 Å². The van der Waals surface area contributed by atoms with E-state index in [4.69, 9.17) is 10.9 Å². The first kappa shape index (κ1) is 14.5. The molecule has 0 fully saturated rings. The van der Waals surface area contributed by atoms with Crippen LogP contribution in [0.1, 0.15) is 22.3 Å². The minimum Gasteiger partial charge on any atom is -0.409 e. The average molecular weight is 293 g/mol. The van der Waals surface area contributed by atoms with Crippen molar-refractivity contribution in [3.63, 3.8) is 0 Å². The van der Waals surface area contributed by atoms with Gasteiger partial charge in [-0.15, -0.1) is 0 Å². The number of amidine groups is 1. The minimum atomic E-state index is -0.372.